The molecule has 2 heterocycles. The molecule has 12 N–H and O–H groups in total. The second-order valence-electron chi connectivity index (χ2n) is 9.27. The van der Waals surface area contributed by atoms with Crippen LogP contribution in [0, 0.1) is 0 Å². The normalized spacial score (nSPS) is 17.3. The van der Waals surface area contributed by atoms with Crippen molar-refractivity contribution in [2.45, 2.75) is 75.5 Å². The van der Waals surface area contributed by atoms with E-state index < -0.39 is 47.9 Å². The fourth-order valence-corrected chi connectivity index (χ4v) is 4.27. The number of guanidine groups is 1. The predicted molar refractivity (Wildman–Crippen MR) is 139 cm³/mol. The molecule has 2 rings (SSSR count). The molecule has 4 atom stereocenters. The van der Waals surface area contributed by atoms with Crippen LogP contribution in [-0.4, -0.2) is 93.4 Å². The molecule has 15 heteroatoms. The number of hydrogen-bond donors (Lipinski definition) is 8. The van der Waals surface area contributed by atoms with Crippen LogP contribution in [0.1, 0.15) is 50.6 Å². The van der Waals surface area contributed by atoms with E-state index in [0.717, 1.165) is 6.42 Å². The van der Waals surface area contributed by atoms with Gasteiger partial charge < -0.3 is 48.6 Å². The number of hydrogen-bond acceptors (Lipinski definition) is 8. The van der Waals surface area contributed by atoms with E-state index >= 15 is 0 Å². The summed E-state index contributed by atoms with van der Waals surface area (Å²) >= 11 is 0. The van der Waals surface area contributed by atoms with Crippen LogP contribution >= 0.6 is 0 Å². The molecule has 0 radical (unpaired) electrons. The Hall–Kier alpha value is -3.72. The highest BCUT2D eigenvalue weighted by molar-refractivity contribution is 5.94. The molecule has 0 aliphatic carbocycles. The Labute approximate surface area is 221 Å². The van der Waals surface area contributed by atoms with E-state index in [4.69, 9.17) is 22.9 Å². The van der Waals surface area contributed by atoms with Gasteiger partial charge in [-0.1, -0.05) is 6.42 Å². The quantitative estimate of drug-likeness (QED) is 0.0625. The van der Waals surface area contributed by atoms with E-state index in [1.165, 1.54) is 17.4 Å². The van der Waals surface area contributed by atoms with Crippen molar-refractivity contribution >= 4 is 29.7 Å². The van der Waals surface area contributed by atoms with Crippen LogP contribution < -0.4 is 33.6 Å². The molecule has 38 heavy (non-hydrogen) atoms. The number of rotatable bonds is 16. The Balaban J connectivity index is 2.10. The number of aliphatic carboxylic acids is 1. The van der Waals surface area contributed by atoms with Crippen molar-refractivity contribution in [1.82, 2.24) is 25.5 Å². The van der Waals surface area contributed by atoms with Crippen molar-refractivity contribution in [3.63, 3.8) is 0 Å². The van der Waals surface area contributed by atoms with Gasteiger partial charge in [0.2, 0.25) is 17.7 Å². The Kier molecular flexibility index (Phi) is 12.5. The lowest BCUT2D eigenvalue weighted by atomic mass is 10.1. The van der Waals surface area contributed by atoms with Crippen LogP contribution in [0.2, 0.25) is 0 Å². The number of nitrogens with zero attached hydrogens (tertiary/aromatic N) is 3. The molecule has 1 aromatic heterocycles. The van der Waals surface area contributed by atoms with Gasteiger partial charge in [0, 0.05) is 31.4 Å². The summed E-state index contributed by atoms with van der Waals surface area (Å²) in [6.07, 6.45) is 6.24. The van der Waals surface area contributed by atoms with Gasteiger partial charge in [-0.25, -0.2) is 9.78 Å². The molecule has 15 nitrogen and oxygen atoms in total. The molecule has 1 saturated heterocycles. The van der Waals surface area contributed by atoms with Gasteiger partial charge in [-0.15, -0.1) is 0 Å². The number of carboxylic acid groups (broad SMARTS) is 1. The zero-order chi connectivity index (χ0) is 28.1. The average molecular weight is 537 g/mol. The molecule has 0 aromatic carbocycles. The number of aromatic nitrogens is 2. The number of carbonyl (C=O) groups is 4. The first-order valence-corrected chi connectivity index (χ1v) is 12.8. The lowest BCUT2D eigenvalue weighted by Crippen LogP contribution is -2.57. The summed E-state index contributed by atoms with van der Waals surface area (Å²) in [5, 5.41) is 14.8. The second-order valence-corrected chi connectivity index (χ2v) is 9.27. The van der Waals surface area contributed by atoms with Crippen LogP contribution in [0.3, 0.4) is 0 Å². The Morgan fingerprint density at radius 2 is 1.92 bits per heavy atom. The maximum atomic E-state index is 13.5. The molecule has 3 amide bonds. The number of unbranched alkanes of at least 4 members (excludes halogenated alkanes) is 1. The fraction of sp³-hybridized carbons (Fsp3) is 0.652. The molecule has 212 valence electrons. The van der Waals surface area contributed by atoms with Gasteiger partial charge >= 0.3 is 5.97 Å². The first-order chi connectivity index (χ1) is 18.1. The lowest BCUT2D eigenvalue weighted by Gasteiger charge is -2.30. The van der Waals surface area contributed by atoms with Crippen molar-refractivity contribution in [2.75, 3.05) is 19.6 Å². The number of likely N-dealkylation sites (tertiary alicyclic amines) is 1. The summed E-state index contributed by atoms with van der Waals surface area (Å²) in [7, 11) is 0. The minimum absolute atomic E-state index is 0.00720. The topological polar surface area (TPSA) is 261 Å². The van der Waals surface area contributed by atoms with Crippen LogP contribution in [-0.2, 0) is 25.6 Å². The van der Waals surface area contributed by atoms with E-state index in [0.29, 0.717) is 44.3 Å². The van der Waals surface area contributed by atoms with Crippen LogP contribution in [0.4, 0.5) is 0 Å². The van der Waals surface area contributed by atoms with Gasteiger partial charge in [-0.2, -0.15) is 0 Å². The molecule has 1 aromatic rings. The van der Waals surface area contributed by atoms with Crippen molar-refractivity contribution in [3.8, 4) is 0 Å². The molecule has 1 aliphatic heterocycles. The van der Waals surface area contributed by atoms with Crippen molar-refractivity contribution in [2.24, 2.45) is 27.9 Å². The Morgan fingerprint density at radius 1 is 1.16 bits per heavy atom. The summed E-state index contributed by atoms with van der Waals surface area (Å²) in [4.78, 5) is 63.1. The summed E-state index contributed by atoms with van der Waals surface area (Å²) in [6.45, 7) is 1.03. The van der Waals surface area contributed by atoms with E-state index in [-0.39, 0.29) is 31.9 Å². The molecule has 0 bridgehead atoms. The first-order valence-electron chi connectivity index (χ1n) is 12.8. The fourth-order valence-electron chi connectivity index (χ4n) is 4.27. The number of H-pyrrole nitrogens is 1. The number of carboxylic acids is 1. The lowest BCUT2D eigenvalue weighted by molar-refractivity contribution is -0.145. The van der Waals surface area contributed by atoms with Crippen molar-refractivity contribution in [3.05, 3.63) is 18.2 Å². The standard InChI is InChI=1S/C23H40N10O5/c24-8-2-1-5-15(25)19(34)31-16(6-3-9-29-23(26)27)21(36)33-10-4-7-18(33)20(35)32-17(22(37)38)11-14-12-28-13-30-14/h12-13,15-18H,1-11,24-25H2,(H,28,30)(H,31,34)(H,32,35)(H,37,38)(H4,26,27,29). The largest absolute Gasteiger partial charge is 0.480 e. The Bertz CT molecular complexity index is 950. The molecular weight excluding hydrogens is 496 g/mol. The van der Waals surface area contributed by atoms with Gasteiger partial charge in [-0.3, -0.25) is 19.4 Å². The van der Waals surface area contributed by atoms with Crippen molar-refractivity contribution in [1.29, 1.82) is 0 Å². The molecular formula is C23H40N10O5. The minimum Gasteiger partial charge on any atom is -0.480 e. The molecule has 4 unspecified atom stereocenters. The van der Waals surface area contributed by atoms with E-state index in [1.807, 2.05) is 0 Å². The minimum atomic E-state index is -1.21. The maximum absolute atomic E-state index is 13.5. The molecule has 0 spiro atoms. The summed E-state index contributed by atoms with van der Waals surface area (Å²) in [5.74, 6) is -2.80. The van der Waals surface area contributed by atoms with E-state index in [9.17, 15) is 24.3 Å². The first kappa shape index (κ1) is 30.5. The third-order valence-electron chi connectivity index (χ3n) is 6.30. The number of nitrogens with two attached hydrogens (primary N) is 4. The zero-order valence-electron chi connectivity index (χ0n) is 21.5. The number of imidazole rings is 1. The smallest absolute Gasteiger partial charge is 0.326 e. The zero-order valence-corrected chi connectivity index (χ0v) is 21.5. The van der Waals surface area contributed by atoms with Crippen LogP contribution in [0.25, 0.3) is 0 Å². The number of nitrogens with one attached hydrogen (secondary N) is 3. The third kappa shape index (κ3) is 9.63. The third-order valence-corrected chi connectivity index (χ3v) is 6.30. The Morgan fingerprint density at radius 3 is 2.55 bits per heavy atom. The average Bonchev–Trinajstić information content (AvgIpc) is 3.57. The highest BCUT2D eigenvalue weighted by atomic mass is 16.4. The second kappa shape index (κ2) is 15.5. The van der Waals surface area contributed by atoms with E-state index in [1.54, 1.807) is 0 Å². The van der Waals surface area contributed by atoms with Gasteiger partial charge in [0.25, 0.3) is 0 Å². The van der Waals surface area contributed by atoms with E-state index in [2.05, 4.69) is 25.6 Å². The van der Waals surface area contributed by atoms with Gasteiger partial charge in [0.05, 0.1) is 12.4 Å². The molecule has 0 saturated carbocycles. The number of carbonyl (C=O) groups excluding carboxylic acids is 3. The predicted octanol–water partition coefficient (Wildman–Crippen LogP) is -2.49. The van der Waals surface area contributed by atoms with Gasteiger partial charge in [-0.05, 0) is 45.1 Å². The van der Waals surface area contributed by atoms with Gasteiger partial charge in [0.15, 0.2) is 5.96 Å². The van der Waals surface area contributed by atoms with Crippen LogP contribution in [0.15, 0.2) is 17.5 Å². The summed E-state index contributed by atoms with van der Waals surface area (Å²) in [6, 6.07) is -3.85. The SMILES string of the molecule is NCCCCC(N)C(=O)NC(CCCN=C(N)N)C(=O)N1CCCC1C(=O)NC(Cc1cnc[nH]1)C(=O)O. The highest BCUT2D eigenvalue weighted by Gasteiger charge is 2.39. The van der Waals surface area contributed by atoms with Crippen LogP contribution in [0.5, 0.6) is 0 Å². The monoisotopic (exact) mass is 536 g/mol. The number of aliphatic imine (C=N–C) groups is 1. The maximum Gasteiger partial charge on any atom is 0.326 e. The number of aromatic amines is 1. The highest BCUT2D eigenvalue weighted by Crippen LogP contribution is 2.20. The molecule has 1 fully saturated rings. The van der Waals surface area contributed by atoms with Gasteiger partial charge in [0.1, 0.15) is 18.1 Å². The summed E-state index contributed by atoms with van der Waals surface area (Å²) < 4.78 is 0. The van der Waals surface area contributed by atoms with Crippen molar-refractivity contribution < 1.29 is 24.3 Å². The number of amides is 3. The molecule has 1 aliphatic rings. The summed E-state index contributed by atoms with van der Waals surface area (Å²) in [5.41, 5.74) is 22.8.